The number of aliphatic hydroxyl groups excluding tert-OH is 1. The van der Waals surface area contributed by atoms with E-state index in [1.165, 1.54) is 49.4 Å². The molecule has 4 nitrogen and oxygen atoms in total. The molecule has 2 N–H and O–H groups in total. The molecule has 0 aliphatic rings. The second-order valence-electron chi connectivity index (χ2n) is 5.99. The predicted molar refractivity (Wildman–Crippen MR) is 97.4 cm³/mol. The lowest BCUT2D eigenvalue weighted by atomic mass is 10.0. The maximum absolute atomic E-state index is 13.9. The summed E-state index contributed by atoms with van der Waals surface area (Å²) < 4.78 is 33.2. The average molecular weight is 392 g/mol. The number of benzene rings is 2. The van der Waals surface area contributed by atoms with E-state index in [1.807, 2.05) is 0 Å². The third-order valence-electron chi connectivity index (χ3n) is 4.10. The number of carbonyl (C=O) groups is 1. The lowest BCUT2D eigenvalue weighted by molar-refractivity contribution is 0.0821. The maximum atomic E-state index is 13.9. The average Bonchev–Trinajstić information content (AvgIpc) is 3.11. The molecule has 2 atom stereocenters. The van der Waals surface area contributed by atoms with Crippen molar-refractivity contribution in [1.82, 2.24) is 5.32 Å². The summed E-state index contributed by atoms with van der Waals surface area (Å²) in [7, 11) is 0. The molecule has 0 saturated heterocycles. The Labute approximate surface area is 159 Å². The standard InChI is InChI=1S/C20H16ClF2NO3/c1-11(19(25)18-13(21)6-4-8-15(18)23)24-20(26)17-10-9-16(27-17)12-5-2-3-7-14(12)22/h2-11,19,25H,1H3,(H,24,26)/t11-,19-/m1/s1. The van der Waals surface area contributed by atoms with E-state index in [1.54, 1.807) is 12.1 Å². The molecule has 0 saturated carbocycles. The molecule has 1 aromatic heterocycles. The van der Waals surface area contributed by atoms with Gasteiger partial charge < -0.3 is 14.8 Å². The van der Waals surface area contributed by atoms with E-state index in [2.05, 4.69) is 5.32 Å². The molecular formula is C20H16ClF2NO3. The van der Waals surface area contributed by atoms with Crippen molar-refractivity contribution in [2.45, 2.75) is 19.1 Å². The highest BCUT2D eigenvalue weighted by Crippen LogP contribution is 2.28. The third-order valence-corrected chi connectivity index (χ3v) is 4.43. The van der Waals surface area contributed by atoms with Gasteiger partial charge >= 0.3 is 0 Å². The van der Waals surface area contributed by atoms with Gasteiger partial charge in [-0.05, 0) is 43.3 Å². The van der Waals surface area contributed by atoms with Gasteiger partial charge in [0.15, 0.2) is 5.76 Å². The largest absolute Gasteiger partial charge is 0.451 e. The zero-order valence-electron chi connectivity index (χ0n) is 14.2. The highest BCUT2D eigenvalue weighted by molar-refractivity contribution is 6.31. The van der Waals surface area contributed by atoms with Gasteiger partial charge in [0, 0.05) is 10.6 Å². The Balaban J connectivity index is 1.75. The molecule has 0 spiro atoms. The van der Waals surface area contributed by atoms with Crippen LogP contribution in [0.15, 0.2) is 59.0 Å². The molecule has 1 amide bonds. The topological polar surface area (TPSA) is 62.5 Å². The smallest absolute Gasteiger partial charge is 0.287 e. The number of hydrogen-bond acceptors (Lipinski definition) is 3. The van der Waals surface area contributed by atoms with Crippen LogP contribution in [0.3, 0.4) is 0 Å². The van der Waals surface area contributed by atoms with E-state index >= 15 is 0 Å². The lowest BCUT2D eigenvalue weighted by Crippen LogP contribution is -2.37. The van der Waals surface area contributed by atoms with Gasteiger partial charge in [-0.25, -0.2) is 8.78 Å². The van der Waals surface area contributed by atoms with Crippen LogP contribution in [0.2, 0.25) is 5.02 Å². The van der Waals surface area contributed by atoms with Crippen molar-refractivity contribution in [3.8, 4) is 11.3 Å². The number of rotatable bonds is 5. The SMILES string of the molecule is C[C@@H](NC(=O)c1ccc(-c2ccccc2F)o1)[C@@H](O)c1c(F)cccc1Cl. The molecule has 3 aromatic rings. The van der Waals surface area contributed by atoms with Crippen LogP contribution in [0.1, 0.15) is 29.1 Å². The first-order chi connectivity index (χ1) is 12.9. The third kappa shape index (κ3) is 4.02. The van der Waals surface area contributed by atoms with E-state index in [-0.39, 0.29) is 27.7 Å². The summed E-state index contributed by atoms with van der Waals surface area (Å²) in [5, 5.41) is 12.9. The van der Waals surface area contributed by atoms with Gasteiger partial charge in [-0.1, -0.05) is 29.8 Å². The van der Waals surface area contributed by atoms with Crippen molar-refractivity contribution in [2.75, 3.05) is 0 Å². The summed E-state index contributed by atoms with van der Waals surface area (Å²) in [4.78, 5) is 12.4. The second-order valence-corrected chi connectivity index (χ2v) is 6.39. The summed E-state index contributed by atoms with van der Waals surface area (Å²) >= 11 is 5.94. The molecule has 3 rings (SSSR count). The zero-order valence-corrected chi connectivity index (χ0v) is 15.0. The Morgan fingerprint density at radius 2 is 1.78 bits per heavy atom. The van der Waals surface area contributed by atoms with Crippen LogP contribution in [0.25, 0.3) is 11.3 Å². The van der Waals surface area contributed by atoms with Gasteiger partial charge in [0.2, 0.25) is 0 Å². The monoisotopic (exact) mass is 391 g/mol. The van der Waals surface area contributed by atoms with Gasteiger partial charge in [-0.3, -0.25) is 4.79 Å². The predicted octanol–water partition coefficient (Wildman–Crippen LogP) is 4.73. The van der Waals surface area contributed by atoms with E-state index in [9.17, 15) is 18.7 Å². The Morgan fingerprint density at radius 3 is 2.48 bits per heavy atom. The number of aliphatic hydroxyl groups is 1. The Hall–Kier alpha value is -2.70. The summed E-state index contributed by atoms with van der Waals surface area (Å²) in [6.07, 6.45) is -1.36. The van der Waals surface area contributed by atoms with Crippen molar-refractivity contribution in [3.63, 3.8) is 0 Å². The van der Waals surface area contributed by atoms with Crippen LogP contribution in [-0.4, -0.2) is 17.1 Å². The Morgan fingerprint density at radius 1 is 1.07 bits per heavy atom. The highest BCUT2D eigenvalue weighted by atomic mass is 35.5. The summed E-state index contributed by atoms with van der Waals surface area (Å²) in [6.45, 7) is 1.51. The number of amides is 1. The van der Waals surface area contributed by atoms with Crippen molar-refractivity contribution < 1.29 is 23.1 Å². The molecule has 0 unspecified atom stereocenters. The molecule has 1 heterocycles. The number of furan rings is 1. The van der Waals surface area contributed by atoms with Crippen LogP contribution in [0, 0.1) is 11.6 Å². The van der Waals surface area contributed by atoms with Gasteiger partial charge in [-0.2, -0.15) is 0 Å². The fourth-order valence-corrected chi connectivity index (χ4v) is 2.94. The quantitative estimate of drug-likeness (QED) is 0.661. The molecule has 0 radical (unpaired) electrons. The minimum Gasteiger partial charge on any atom is -0.451 e. The summed E-state index contributed by atoms with van der Waals surface area (Å²) in [6, 6.07) is 12.1. The number of nitrogens with one attached hydrogen (secondary N) is 1. The van der Waals surface area contributed by atoms with Crippen molar-refractivity contribution >= 4 is 17.5 Å². The van der Waals surface area contributed by atoms with Crippen molar-refractivity contribution in [1.29, 1.82) is 0 Å². The molecular weight excluding hydrogens is 376 g/mol. The molecule has 0 fully saturated rings. The zero-order chi connectivity index (χ0) is 19.6. The fourth-order valence-electron chi connectivity index (χ4n) is 2.67. The maximum Gasteiger partial charge on any atom is 0.287 e. The number of halogens is 3. The summed E-state index contributed by atoms with van der Waals surface area (Å²) in [5.41, 5.74) is 0.126. The molecule has 0 aliphatic carbocycles. The van der Waals surface area contributed by atoms with Crippen LogP contribution >= 0.6 is 11.6 Å². The van der Waals surface area contributed by atoms with E-state index in [4.69, 9.17) is 16.0 Å². The Kier molecular flexibility index (Phi) is 5.58. The first-order valence-electron chi connectivity index (χ1n) is 8.16. The van der Waals surface area contributed by atoms with Gasteiger partial charge in [0.1, 0.15) is 23.5 Å². The van der Waals surface area contributed by atoms with E-state index < -0.39 is 29.7 Å². The van der Waals surface area contributed by atoms with Crippen LogP contribution in [-0.2, 0) is 0 Å². The van der Waals surface area contributed by atoms with Crippen LogP contribution in [0.5, 0.6) is 0 Å². The fraction of sp³-hybridized carbons (Fsp3) is 0.150. The van der Waals surface area contributed by atoms with Crippen LogP contribution in [0.4, 0.5) is 8.78 Å². The molecule has 7 heteroatoms. The molecule has 0 bridgehead atoms. The van der Waals surface area contributed by atoms with Crippen molar-refractivity contribution in [2.24, 2.45) is 0 Å². The number of carbonyl (C=O) groups excluding carboxylic acids is 1. The minimum atomic E-state index is -1.36. The van der Waals surface area contributed by atoms with Crippen molar-refractivity contribution in [3.05, 3.63) is 82.6 Å². The molecule has 0 aliphatic heterocycles. The first-order valence-corrected chi connectivity index (χ1v) is 8.54. The van der Waals surface area contributed by atoms with E-state index in [0.717, 1.165) is 0 Å². The summed E-state index contributed by atoms with van der Waals surface area (Å²) in [5.74, 6) is -1.64. The second kappa shape index (κ2) is 7.90. The molecule has 2 aromatic carbocycles. The minimum absolute atomic E-state index is 0.0587. The lowest BCUT2D eigenvalue weighted by Gasteiger charge is -2.21. The normalized spacial score (nSPS) is 13.2. The Bertz CT molecular complexity index is 953. The molecule has 27 heavy (non-hydrogen) atoms. The number of hydrogen-bond donors (Lipinski definition) is 2. The van der Waals surface area contributed by atoms with Gasteiger partial charge in [0.25, 0.3) is 5.91 Å². The van der Waals surface area contributed by atoms with Crippen LogP contribution < -0.4 is 5.32 Å². The molecule has 140 valence electrons. The van der Waals surface area contributed by atoms with Gasteiger partial charge in [-0.15, -0.1) is 0 Å². The highest BCUT2D eigenvalue weighted by Gasteiger charge is 2.25. The first kappa shape index (κ1) is 19.1. The van der Waals surface area contributed by atoms with Gasteiger partial charge in [0.05, 0.1) is 11.6 Å². The van der Waals surface area contributed by atoms with E-state index in [0.29, 0.717) is 0 Å².